The zero-order valence-electron chi connectivity index (χ0n) is 18.5. The van der Waals surface area contributed by atoms with Crippen LogP contribution in [0.15, 0.2) is 58.3 Å². The largest absolute Gasteiger partial charge is 0.497 e. The van der Waals surface area contributed by atoms with E-state index < -0.39 is 18.0 Å². The number of carbonyl (C=O) groups is 3. The van der Waals surface area contributed by atoms with Crippen LogP contribution in [-0.4, -0.2) is 74.7 Å². The van der Waals surface area contributed by atoms with E-state index in [2.05, 4.69) is 15.5 Å². The smallest absolute Gasteiger partial charge is 0.338 e. The summed E-state index contributed by atoms with van der Waals surface area (Å²) >= 11 is 0. The van der Waals surface area contributed by atoms with E-state index in [-0.39, 0.29) is 5.91 Å². The van der Waals surface area contributed by atoms with E-state index in [1.807, 2.05) is 0 Å². The predicted molar refractivity (Wildman–Crippen MR) is 117 cm³/mol. The van der Waals surface area contributed by atoms with Crippen molar-refractivity contribution in [1.82, 2.24) is 20.4 Å². The van der Waals surface area contributed by atoms with Crippen molar-refractivity contribution >= 4 is 17.9 Å². The molecule has 2 aliphatic rings. The van der Waals surface area contributed by atoms with E-state index in [0.717, 1.165) is 5.56 Å². The highest BCUT2D eigenvalue weighted by Crippen LogP contribution is 2.29. The molecule has 0 saturated carbocycles. The van der Waals surface area contributed by atoms with E-state index in [9.17, 15) is 14.4 Å². The summed E-state index contributed by atoms with van der Waals surface area (Å²) < 4.78 is 15.4. The first kappa shape index (κ1) is 22.4. The van der Waals surface area contributed by atoms with Gasteiger partial charge in [0.05, 0.1) is 32.1 Å². The third kappa shape index (κ3) is 4.85. The lowest BCUT2D eigenvalue weighted by Gasteiger charge is -2.36. The van der Waals surface area contributed by atoms with Crippen LogP contribution in [0.2, 0.25) is 0 Å². The van der Waals surface area contributed by atoms with Crippen LogP contribution in [0.5, 0.6) is 5.75 Å². The number of esters is 1. The van der Waals surface area contributed by atoms with Gasteiger partial charge >= 0.3 is 12.0 Å². The summed E-state index contributed by atoms with van der Waals surface area (Å²) in [5, 5.41) is 5.58. The summed E-state index contributed by atoms with van der Waals surface area (Å²) in [5.74, 6) is 0.311. The number of hydrogen-bond donors (Lipinski definition) is 2. The fourth-order valence-corrected chi connectivity index (χ4v) is 4.03. The maximum Gasteiger partial charge on any atom is 0.338 e. The average molecular weight is 454 g/mol. The summed E-state index contributed by atoms with van der Waals surface area (Å²) in [5.41, 5.74) is 1.56. The molecule has 3 amide bonds. The van der Waals surface area contributed by atoms with Crippen LogP contribution in [0.3, 0.4) is 0 Å². The van der Waals surface area contributed by atoms with E-state index in [1.165, 1.54) is 13.4 Å². The molecule has 10 nitrogen and oxygen atoms in total. The number of ether oxygens (including phenoxy) is 2. The van der Waals surface area contributed by atoms with Crippen molar-refractivity contribution in [3.8, 4) is 5.75 Å². The highest BCUT2D eigenvalue weighted by atomic mass is 16.5. The van der Waals surface area contributed by atoms with Gasteiger partial charge in [0, 0.05) is 38.4 Å². The minimum Gasteiger partial charge on any atom is -0.497 e. The fraction of sp³-hybridized carbons (Fsp3) is 0.348. The number of urea groups is 1. The molecule has 1 aromatic carbocycles. The fourth-order valence-electron chi connectivity index (χ4n) is 4.03. The number of carbonyl (C=O) groups excluding carboxylic acids is 3. The quantitative estimate of drug-likeness (QED) is 0.637. The van der Waals surface area contributed by atoms with Crippen molar-refractivity contribution in [2.45, 2.75) is 6.04 Å². The maximum atomic E-state index is 12.7. The molecule has 1 atom stereocenters. The molecule has 174 valence electrons. The van der Waals surface area contributed by atoms with Gasteiger partial charge in [0.15, 0.2) is 5.76 Å². The molecule has 0 radical (unpaired) electrons. The van der Waals surface area contributed by atoms with E-state index in [1.54, 1.807) is 48.4 Å². The lowest BCUT2D eigenvalue weighted by Crippen LogP contribution is -2.52. The van der Waals surface area contributed by atoms with Gasteiger partial charge in [0.25, 0.3) is 5.91 Å². The van der Waals surface area contributed by atoms with Crippen molar-refractivity contribution in [3.63, 3.8) is 0 Å². The van der Waals surface area contributed by atoms with Crippen molar-refractivity contribution in [2.75, 3.05) is 46.9 Å². The van der Waals surface area contributed by atoms with Crippen LogP contribution in [0.25, 0.3) is 0 Å². The summed E-state index contributed by atoms with van der Waals surface area (Å²) in [7, 11) is 2.88. The summed E-state index contributed by atoms with van der Waals surface area (Å²) in [6.45, 7) is 2.53. The summed E-state index contributed by atoms with van der Waals surface area (Å²) in [6, 6.07) is 9.42. The Bertz CT molecular complexity index is 1040. The van der Waals surface area contributed by atoms with Crippen LogP contribution in [0.1, 0.15) is 22.2 Å². The molecule has 1 aromatic heterocycles. The molecule has 4 rings (SSSR count). The second kappa shape index (κ2) is 9.78. The lowest BCUT2D eigenvalue weighted by molar-refractivity contribution is -0.136. The number of furan rings is 1. The summed E-state index contributed by atoms with van der Waals surface area (Å²) in [6.07, 6.45) is 1.48. The van der Waals surface area contributed by atoms with Crippen LogP contribution < -0.4 is 15.4 Å². The van der Waals surface area contributed by atoms with E-state index >= 15 is 0 Å². The van der Waals surface area contributed by atoms with Gasteiger partial charge in [0.2, 0.25) is 0 Å². The Morgan fingerprint density at radius 2 is 1.82 bits per heavy atom. The lowest BCUT2D eigenvalue weighted by atomic mass is 9.95. The minimum absolute atomic E-state index is 0.149. The van der Waals surface area contributed by atoms with Crippen molar-refractivity contribution in [1.29, 1.82) is 0 Å². The third-order valence-electron chi connectivity index (χ3n) is 5.78. The Morgan fingerprint density at radius 3 is 2.42 bits per heavy atom. The second-order valence-corrected chi connectivity index (χ2v) is 7.73. The molecule has 10 heteroatoms. The highest BCUT2D eigenvalue weighted by Gasteiger charge is 2.34. The number of nitrogens with zero attached hydrogens (tertiary/aromatic N) is 2. The molecular weight excluding hydrogens is 428 g/mol. The molecule has 0 aliphatic carbocycles. The standard InChI is InChI=1S/C23H26N4O6/c1-31-16-7-5-15(6-8-16)20-19(22(29)32-2)17(24-23(30)25-20)14-26-9-11-27(12-10-26)21(28)18-4-3-13-33-18/h3-8,13,20H,9-12,14H2,1-2H3,(H2,24,25,30). The Labute approximate surface area is 191 Å². The Morgan fingerprint density at radius 1 is 1.09 bits per heavy atom. The molecule has 2 N–H and O–H groups in total. The number of nitrogens with one attached hydrogen (secondary N) is 2. The zero-order valence-corrected chi connectivity index (χ0v) is 18.5. The van der Waals surface area contributed by atoms with Crippen LogP contribution in [0.4, 0.5) is 4.79 Å². The van der Waals surface area contributed by atoms with Crippen LogP contribution in [0, 0.1) is 0 Å². The second-order valence-electron chi connectivity index (χ2n) is 7.73. The van der Waals surface area contributed by atoms with Gasteiger partial charge in [-0.2, -0.15) is 0 Å². The van der Waals surface area contributed by atoms with Crippen LogP contribution >= 0.6 is 0 Å². The minimum atomic E-state index is -0.658. The number of methoxy groups -OCH3 is 2. The first-order chi connectivity index (χ1) is 16.0. The first-order valence-corrected chi connectivity index (χ1v) is 10.6. The van der Waals surface area contributed by atoms with Gasteiger partial charge in [-0.3, -0.25) is 9.69 Å². The molecule has 2 aliphatic heterocycles. The Hall–Kier alpha value is -3.79. The molecule has 3 heterocycles. The molecular formula is C23H26N4O6. The number of hydrogen-bond acceptors (Lipinski definition) is 7. The third-order valence-corrected chi connectivity index (χ3v) is 5.78. The van der Waals surface area contributed by atoms with Gasteiger partial charge in [-0.15, -0.1) is 0 Å². The monoisotopic (exact) mass is 454 g/mol. The predicted octanol–water partition coefficient (Wildman–Crippen LogP) is 1.53. The number of rotatable bonds is 6. The molecule has 33 heavy (non-hydrogen) atoms. The van der Waals surface area contributed by atoms with E-state index in [4.69, 9.17) is 13.9 Å². The Balaban J connectivity index is 1.52. The van der Waals surface area contributed by atoms with Gasteiger partial charge in [-0.25, -0.2) is 9.59 Å². The van der Waals surface area contributed by atoms with E-state index in [0.29, 0.717) is 55.5 Å². The van der Waals surface area contributed by atoms with Gasteiger partial charge in [0.1, 0.15) is 5.75 Å². The first-order valence-electron chi connectivity index (χ1n) is 10.6. The molecule has 1 fully saturated rings. The normalized spacial score (nSPS) is 19.0. The molecule has 2 aromatic rings. The maximum absolute atomic E-state index is 12.7. The number of benzene rings is 1. The SMILES string of the molecule is COC(=O)C1=C(CN2CCN(C(=O)c3ccco3)CC2)NC(=O)NC1c1ccc(OC)cc1. The molecule has 1 saturated heterocycles. The summed E-state index contributed by atoms with van der Waals surface area (Å²) in [4.78, 5) is 41.5. The van der Waals surface area contributed by atoms with Gasteiger partial charge in [-0.1, -0.05) is 12.1 Å². The Kier molecular flexibility index (Phi) is 6.64. The van der Waals surface area contributed by atoms with Crippen LogP contribution in [-0.2, 0) is 9.53 Å². The number of amides is 3. The average Bonchev–Trinajstić information content (AvgIpc) is 3.38. The van der Waals surface area contributed by atoms with Crippen molar-refractivity contribution in [2.24, 2.45) is 0 Å². The molecule has 0 spiro atoms. The molecule has 0 bridgehead atoms. The van der Waals surface area contributed by atoms with Gasteiger partial charge < -0.3 is 29.4 Å². The highest BCUT2D eigenvalue weighted by molar-refractivity contribution is 5.95. The topological polar surface area (TPSA) is 113 Å². The molecule has 1 unspecified atom stereocenters. The van der Waals surface area contributed by atoms with Gasteiger partial charge in [-0.05, 0) is 29.8 Å². The van der Waals surface area contributed by atoms with Crippen molar-refractivity contribution < 1.29 is 28.3 Å². The number of piperazine rings is 1. The van der Waals surface area contributed by atoms with Crippen molar-refractivity contribution in [3.05, 3.63) is 65.3 Å². The zero-order chi connectivity index (χ0) is 23.4.